The highest BCUT2D eigenvalue weighted by molar-refractivity contribution is 5.86. The van der Waals surface area contributed by atoms with Crippen LogP contribution in [0, 0.1) is 0 Å². The lowest BCUT2D eigenvalue weighted by Gasteiger charge is -2.17. The lowest BCUT2D eigenvalue weighted by molar-refractivity contribution is -0.134. The van der Waals surface area contributed by atoms with Gasteiger partial charge in [-0.3, -0.25) is 9.59 Å². The number of nitrogen functional groups attached to an aromatic ring is 1. The number of nitrogens with two attached hydrogens (primary N) is 1. The number of hydrogen-bond acceptors (Lipinski definition) is 3. The lowest BCUT2D eigenvalue weighted by Crippen LogP contribution is -2.39. The van der Waals surface area contributed by atoms with Gasteiger partial charge in [0.05, 0.1) is 13.0 Å². The summed E-state index contributed by atoms with van der Waals surface area (Å²) in [5, 5.41) is 2.86. The first-order chi connectivity index (χ1) is 9.06. The molecule has 0 aliphatic heterocycles. The average Bonchev–Trinajstić information content (AvgIpc) is 3.15. The molecule has 5 heteroatoms. The number of nitrogens with one attached hydrogen (secondary N) is 1. The molecule has 1 aliphatic rings. The zero-order valence-electron chi connectivity index (χ0n) is 11.1. The molecule has 1 aromatic rings. The van der Waals surface area contributed by atoms with E-state index in [-0.39, 0.29) is 24.8 Å². The Morgan fingerprint density at radius 2 is 2.05 bits per heavy atom. The van der Waals surface area contributed by atoms with Crippen molar-refractivity contribution in [1.29, 1.82) is 0 Å². The standard InChI is InChI=1S/C14H19N3O2/c1-17(9-13(18)16-11-6-7-11)14(19)8-10-4-2-3-5-12(10)15/h2-5,11H,6-9,15H2,1H3,(H,16,18). The highest BCUT2D eigenvalue weighted by Gasteiger charge is 2.24. The van der Waals surface area contributed by atoms with Gasteiger partial charge in [0.25, 0.3) is 0 Å². The van der Waals surface area contributed by atoms with Crippen LogP contribution < -0.4 is 11.1 Å². The summed E-state index contributed by atoms with van der Waals surface area (Å²) in [6.07, 6.45) is 2.31. The van der Waals surface area contributed by atoms with Gasteiger partial charge in [-0.05, 0) is 24.5 Å². The first kappa shape index (κ1) is 13.4. The second kappa shape index (κ2) is 5.73. The smallest absolute Gasteiger partial charge is 0.239 e. The third-order valence-electron chi connectivity index (χ3n) is 3.15. The predicted octanol–water partition coefficient (Wildman–Crippen LogP) is 0.548. The van der Waals surface area contributed by atoms with Crippen LogP contribution in [0.25, 0.3) is 0 Å². The van der Waals surface area contributed by atoms with Crippen molar-refractivity contribution in [3.05, 3.63) is 29.8 Å². The summed E-state index contributed by atoms with van der Waals surface area (Å²) in [5.74, 6) is -0.205. The number of anilines is 1. The minimum Gasteiger partial charge on any atom is -0.398 e. The van der Waals surface area contributed by atoms with Crippen molar-refractivity contribution in [3.63, 3.8) is 0 Å². The third kappa shape index (κ3) is 3.98. The van der Waals surface area contributed by atoms with Crippen molar-refractivity contribution < 1.29 is 9.59 Å². The van der Waals surface area contributed by atoms with Crippen LogP contribution in [0.1, 0.15) is 18.4 Å². The van der Waals surface area contributed by atoms with Crippen LogP contribution in [0.2, 0.25) is 0 Å². The summed E-state index contributed by atoms with van der Waals surface area (Å²) >= 11 is 0. The van der Waals surface area contributed by atoms with E-state index in [0.29, 0.717) is 11.7 Å². The molecule has 0 spiro atoms. The highest BCUT2D eigenvalue weighted by atomic mass is 16.2. The molecule has 0 aromatic heterocycles. The summed E-state index contributed by atoms with van der Waals surface area (Å²) in [6.45, 7) is 0.0993. The van der Waals surface area contributed by atoms with E-state index in [1.54, 1.807) is 13.1 Å². The van der Waals surface area contributed by atoms with Crippen LogP contribution in [-0.2, 0) is 16.0 Å². The summed E-state index contributed by atoms with van der Waals surface area (Å²) < 4.78 is 0. The molecule has 0 bridgehead atoms. The Morgan fingerprint density at radius 3 is 2.68 bits per heavy atom. The lowest BCUT2D eigenvalue weighted by atomic mass is 10.1. The van der Waals surface area contributed by atoms with Gasteiger partial charge < -0.3 is 16.0 Å². The number of benzene rings is 1. The minimum absolute atomic E-state index is 0.0978. The highest BCUT2D eigenvalue weighted by Crippen LogP contribution is 2.18. The van der Waals surface area contributed by atoms with E-state index in [1.165, 1.54) is 4.90 Å². The predicted molar refractivity (Wildman–Crippen MR) is 73.4 cm³/mol. The number of hydrogen-bond donors (Lipinski definition) is 2. The molecule has 1 aromatic carbocycles. The van der Waals surface area contributed by atoms with Crippen molar-refractivity contribution >= 4 is 17.5 Å². The number of carbonyl (C=O) groups is 2. The molecule has 1 aliphatic carbocycles. The number of nitrogens with zero attached hydrogens (tertiary/aromatic N) is 1. The largest absolute Gasteiger partial charge is 0.398 e. The zero-order chi connectivity index (χ0) is 13.8. The van der Waals surface area contributed by atoms with Gasteiger partial charge in [0.2, 0.25) is 11.8 Å². The molecule has 3 N–H and O–H groups in total. The van der Waals surface area contributed by atoms with E-state index in [4.69, 9.17) is 5.73 Å². The minimum atomic E-state index is -0.108. The van der Waals surface area contributed by atoms with E-state index in [9.17, 15) is 9.59 Å². The molecule has 0 unspecified atom stereocenters. The topological polar surface area (TPSA) is 75.4 Å². The molecular weight excluding hydrogens is 242 g/mol. The van der Waals surface area contributed by atoms with Gasteiger partial charge in [-0.15, -0.1) is 0 Å². The zero-order valence-corrected chi connectivity index (χ0v) is 11.1. The van der Waals surface area contributed by atoms with Gasteiger partial charge in [-0.2, -0.15) is 0 Å². The normalized spacial score (nSPS) is 13.9. The Morgan fingerprint density at radius 1 is 1.37 bits per heavy atom. The maximum Gasteiger partial charge on any atom is 0.239 e. The second-order valence-corrected chi connectivity index (χ2v) is 4.97. The molecule has 0 radical (unpaired) electrons. The number of rotatable bonds is 5. The van der Waals surface area contributed by atoms with Crippen LogP contribution in [0.15, 0.2) is 24.3 Å². The second-order valence-electron chi connectivity index (χ2n) is 4.97. The van der Waals surface area contributed by atoms with Crippen molar-refractivity contribution in [1.82, 2.24) is 10.2 Å². The molecule has 1 saturated carbocycles. The van der Waals surface area contributed by atoms with Gasteiger partial charge in [0.1, 0.15) is 0 Å². The molecule has 5 nitrogen and oxygen atoms in total. The van der Waals surface area contributed by atoms with E-state index in [2.05, 4.69) is 5.32 Å². The van der Waals surface area contributed by atoms with E-state index in [1.807, 2.05) is 18.2 Å². The van der Waals surface area contributed by atoms with Gasteiger partial charge in [0.15, 0.2) is 0 Å². The Balaban J connectivity index is 1.84. The van der Waals surface area contributed by atoms with E-state index < -0.39 is 0 Å². The van der Waals surface area contributed by atoms with Crippen LogP contribution in [0.3, 0.4) is 0 Å². The van der Waals surface area contributed by atoms with Gasteiger partial charge in [-0.25, -0.2) is 0 Å². The molecule has 0 heterocycles. The maximum atomic E-state index is 12.0. The molecule has 2 rings (SSSR count). The van der Waals surface area contributed by atoms with Gasteiger partial charge >= 0.3 is 0 Å². The molecular formula is C14H19N3O2. The van der Waals surface area contributed by atoms with Gasteiger partial charge in [0, 0.05) is 18.8 Å². The molecule has 2 amide bonds. The first-order valence-electron chi connectivity index (χ1n) is 6.43. The molecule has 0 atom stereocenters. The Labute approximate surface area is 112 Å². The summed E-state index contributed by atoms with van der Waals surface area (Å²) in [4.78, 5) is 25.0. The van der Waals surface area contributed by atoms with E-state index >= 15 is 0 Å². The molecule has 102 valence electrons. The van der Waals surface area contributed by atoms with Crippen LogP contribution in [0.5, 0.6) is 0 Å². The number of carbonyl (C=O) groups excluding carboxylic acids is 2. The molecule has 1 fully saturated rings. The first-order valence-corrected chi connectivity index (χ1v) is 6.43. The van der Waals surface area contributed by atoms with Crippen molar-refractivity contribution in [2.45, 2.75) is 25.3 Å². The molecule has 19 heavy (non-hydrogen) atoms. The SMILES string of the molecule is CN(CC(=O)NC1CC1)C(=O)Cc1ccccc1N. The third-order valence-corrected chi connectivity index (χ3v) is 3.15. The molecule has 0 saturated heterocycles. The van der Waals surface area contributed by atoms with Crippen molar-refractivity contribution in [2.24, 2.45) is 0 Å². The summed E-state index contributed by atoms with van der Waals surface area (Å²) in [7, 11) is 1.63. The average molecular weight is 261 g/mol. The van der Waals surface area contributed by atoms with Crippen molar-refractivity contribution in [2.75, 3.05) is 19.3 Å². The van der Waals surface area contributed by atoms with Crippen LogP contribution in [0.4, 0.5) is 5.69 Å². The summed E-state index contributed by atoms with van der Waals surface area (Å²) in [5.41, 5.74) is 7.19. The van der Waals surface area contributed by atoms with Crippen LogP contribution >= 0.6 is 0 Å². The van der Waals surface area contributed by atoms with Crippen LogP contribution in [-0.4, -0.2) is 36.3 Å². The fraction of sp³-hybridized carbons (Fsp3) is 0.429. The number of amides is 2. The quantitative estimate of drug-likeness (QED) is 0.760. The van der Waals surface area contributed by atoms with E-state index in [0.717, 1.165) is 18.4 Å². The summed E-state index contributed by atoms with van der Waals surface area (Å²) in [6, 6.07) is 7.59. The van der Waals surface area contributed by atoms with Gasteiger partial charge in [-0.1, -0.05) is 18.2 Å². The Hall–Kier alpha value is -2.04. The van der Waals surface area contributed by atoms with Crippen molar-refractivity contribution in [3.8, 4) is 0 Å². The fourth-order valence-corrected chi connectivity index (χ4v) is 1.80. The number of likely N-dealkylation sites (N-methyl/N-ethyl adjacent to an activating group) is 1. The fourth-order valence-electron chi connectivity index (χ4n) is 1.80. The Bertz CT molecular complexity index is 483. The maximum absolute atomic E-state index is 12.0. The number of para-hydroxylation sites is 1. The monoisotopic (exact) mass is 261 g/mol. The Kier molecular flexibility index (Phi) is 4.04.